The van der Waals surface area contributed by atoms with Gasteiger partial charge in [-0.3, -0.25) is 0 Å². The molecule has 2 nitrogen and oxygen atoms in total. The number of hydrogen-bond acceptors (Lipinski definition) is 2. The van der Waals surface area contributed by atoms with Gasteiger partial charge in [-0.1, -0.05) is 29.8 Å². The fraction of sp³-hybridized carbons (Fsp3) is 0.286. The van der Waals surface area contributed by atoms with Gasteiger partial charge in [0.2, 0.25) is 0 Å². The van der Waals surface area contributed by atoms with E-state index < -0.39 is 0 Å². The van der Waals surface area contributed by atoms with Gasteiger partial charge in [0.05, 0.1) is 6.04 Å². The van der Waals surface area contributed by atoms with Crippen LogP contribution >= 0.6 is 11.6 Å². The summed E-state index contributed by atoms with van der Waals surface area (Å²) in [4.78, 5) is 0. The molecule has 1 aromatic heterocycles. The molecule has 3 heteroatoms. The highest BCUT2D eigenvalue weighted by atomic mass is 35.5. The van der Waals surface area contributed by atoms with Gasteiger partial charge in [0.1, 0.15) is 11.5 Å². The van der Waals surface area contributed by atoms with E-state index in [2.05, 4.69) is 12.2 Å². The van der Waals surface area contributed by atoms with Crippen LogP contribution in [0.2, 0.25) is 5.02 Å². The maximum Gasteiger partial charge on any atom is 0.120 e. The van der Waals surface area contributed by atoms with Crippen LogP contribution in [-0.4, -0.2) is 0 Å². The first-order valence-corrected chi connectivity index (χ1v) is 6.08. The van der Waals surface area contributed by atoms with Gasteiger partial charge in [-0.05, 0) is 37.6 Å². The lowest BCUT2D eigenvalue weighted by Gasteiger charge is -2.12. The fourth-order valence-electron chi connectivity index (χ4n) is 1.69. The third kappa shape index (κ3) is 3.11. The Kier molecular flexibility index (Phi) is 3.87. The number of aryl methyl sites for hydroxylation is 1. The summed E-state index contributed by atoms with van der Waals surface area (Å²) in [6, 6.07) is 12.0. The zero-order chi connectivity index (χ0) is 12.3. The van der Waals surface area contributed by atoms with Gasteiger partial charge in [-0.15, -0.1) is 0 Å². The molecule has 1 aromatic carbocycles. The molecule has 1 atom stereocenters. The summed E-state index contributed by atoms with van der Waals surface area (Å²) in [7, 11) is 0. The summed E-state index contributed by atoms with van der Waals surface area (Å²) in [5.74, 6) is 1.89. The van der Waals surface area contributed by atoms with Gasteiger partial charge < -0.3 is 9.73 Å². The van der Waals surface area contributed by atoms with Crippen molar-refractivity contribution in [1.29, 1.82) is 0 Å². The van der Waals surface area contributed by atoms with Crippen LogP contribution in [0.1, 0.15) is 30.0 Å². The largest absolute Gasteiger partial charge is 0.465 e. The molecule has 2 aromatic rings. The molecule has 0 bridgehead atoms. The molecule has 0 radical (unpaired) electrons. The second-order valence-corrected chi connectivity index (χ2v) is 4.55. The molecule has 2 rings (SSSR count). The zero-order valence-electron chi connectivity index (χ0n) is 10.0. The van der Waals surface area contributed by atoms with Crippen molar-refractivity contribution in [1.82, 2.24) is 5.32 Å². The van der Waals surface area contributed by atoms with Crippen molar-refractivity contribution in [2.45, 2.75) is 26.4 Å². The van der Waals surface area contributed by atoms with Crippen LogP contribution in [-0.2, 0) is 6.54 Å². The normalized spacial score (nSPS) is 12.6. The Hall–Kier alpha value is -1.25. The topological polar surface area (TPSA) is 25.2 Å². The Balaban J connectivity index is 1.97. The monoisotopic (exact) mass is 249 g/mol. The zero-order valence-corrected chi connectivity index (χ0v) is 10.8. The molecule has 0 amide bonds. The van der Waals surface area contributed by atoms with Crippen molar-refractivity contribution in [3.63, 3.8) is 0 Å². The number of benzene rings is 1. The summed E-state index contributed by atoms with van der Waals surface area (Å²) in [5.41, 5.74) is 1.10. The maximum atomic E-state index is 6.09. The molecule has 0 saturated carbocycles. The van der Waals surface area contributed by atoms with Crippen LogP contribution in [0.4, 0.5) is 0 Å². The average molecular weight is 250 g/mol. The molecule has 0 spiro atoms. The summed E-state index contributed by atoms with van der Waals surface area (Å²) in [6.07, 6.45) is 0. The van der Waals surface area contributed by atoms with Crippen LogP contribution in [0, 0.1) is 6.92 Å². The van der Waals surface area contributed by atoms with Crippen LogP contribution in [0.3, 0.4) is 0 Å². The van der Waals surface area contributed by atoms with Crippen LogP contribution in [0.15, 0.2) is 40.8 Å². The first kappa shape index (κ1) is 12.2. The second kappa shape index (κ2) is 5.39. The van der Waals surface area contributed by atoms with Gasteiger partial charge in [0.25, 0.3) is 0 Å². The van der Waals surface area contributed by atoms with E-state index in [1.165, 1.54) is 0 Å². The first-order valence-electron chi connectivity index (χ1n) is 5.70. The van der Waals surface area contributed by atoms with Crippen molar-refractivity contribution in [3.8, 4) is 0 Å². The number of rotatable bonds is 4. The molecule has 0 aliphatic carbocycles. The SMILES string of the molecule is Cc1ccc(C(C)NCc2ccccc2Cl)o1. The van der Waals surface area contributed by atoms with E-state index in [0.29, 0.717) is 0 Å². The molecule has 0 fully saturated rings. The lowest BCUT2D eigenvalue weighted by molar-refractivity contribution is 0.416. The van der Waals surface area contributed by atoms with Gasteiger partial charge in [0.15, 0.2) is 0 Å². The molecule has 1 unspecified atom stereocenters. The predicted octanol–water partition coefficient (Wildman–Crippen LogP) is 4.09. The Labute approximate surface area is 107 Å². The number of nitrogens with one attached hydrogen (secondary N) is 1. The number of hydrogen-bond donors (Lipinski definition) is 1. The standard InChI is InChI=1S/C14H16ClNO/c1-10-7-8-14(17-10)11(2)16-9-12-5-3-4-6-13(12)15/h3-8,11,16H,9H2,1-2H3. The minimum atomic E-state index is 0.181. The fourth-order valence-corrected chi connectivity index (χ4v) is 1.89. The second-order valence-electron chi connectivity index (χ2n) is 4.14. The highest BCUT2D eigenvalue weighted by Crippen LogP contribution is 2.18. The molecule has 90 valence electrons. The van der Waals surface area contributed by atoms with E-state index in [1.54, 1.807) is 0 Å². The van der Waals surface area contributed by atoms with Crippen LogP contribution in [0.25, 0.3) is 0 Å². The first-order chi connectivity index (χ1) is 8.16. The van der Waals surface area contributed by atoms with E-state index in [1.807, 2.05) is 43.3 Å². The Morgan fingerprint density at radius 2 is 2.00 bits per heavy atom. The molecule has 0 aliphatic heterocycles. The molecular formula is C14H16ClNO. The van der Waals surface area contributed by atoms with E-state index in [4.69, 9.17) is 16.0 Å². The van der Waals surface area contributed by atoms with Crippen molar-refractivity contribution in [3.05, 3.63) is 58.5 Å². The summed E-state index contributed by atoms with van der Waals surface area (Å²) >= 11 is 6.09. The summed E-state index contributed by atoms with van der Waals surface area (Å²) < 4.78 is 5.57. The number of furan rings is 1. The minimum Gasteiger partial charge on any atom is -0.465 e. The molecule has 1 heterocycles. The van der Waals surface area contributed by atoms with Gasteiger partial charge in [-0.25, -0.2) is 0 Å². The third-order valence-electron chi connectivity index (χ3n) is 2.74. The van der Waals surface area contributed by atoms with Gasteiger partial charge >= 0.3 is 0 Å². The Morgan fingerprint density at radius 3 is 2.65 bits per heavy atom. The van der Waals surface area contributed by atoms with E-state index in [9.17, 15) is 0 Å². The Bertz CT molecular complexity index is 492. The molecular weight excluding hydrogens is 234 g/mol. The minimum absolute atomic E-state index is 0.181. The highest BCUT2D eigenvalue weighted by molar-refractivity contribution is 6.31. The lowest BCUT2D eigenvalue weighted by atomic mass is 10.2. The lowest BCUT2D eigenvalue weighted by Crippen LogP contribution is -2.17. The van der Waals surface area contributed by atoms with E-state index in [-0.39, 0.29) is 6.04 Å². The van der Waals surface area contributed by atoms with Gasteiger partial charge in [-0.2, -0.15) is 0 Å². The van der Waals surface area contributed by atoms with Crippen molar-refractivity contribution in [2.24, 2.45) is 0 Å². The number of halogens is 1. The Morgan fingerprint density at radius 1 is 1.24 bits per heavy atom. The van der Waals surface area contributed by atoms with Gasteiger partial charge in [0, 0.05) is 11.6 Å². The molecule has 1 N–H and O–H groups in total. The van der Waals surface area contributed by atoms with Crippen LogP contribution < -0.4 is 5.32 Å². The molecule has 0 saturated heterocycles. The molecule has 17 heavy (non-hydrogen) atoms. The quantitative estimate of drug-likeness (QED) is 0.883. The smallest absolute Gasteiger partial charge is 0.120 e. The van der Waals surface area contributed by atoms with Crippen LogP contribution in [0.5, 0.6) is 0 Å². The summed E-state index contributed by atoms with van der Waals surface area (Å²) in [5, 5.41) is 4.19. The van der Waals surface area contributed by atoms with E-state index in [0.717, 1.165) is 28.7 Å². The maximum absolute atomic E-state index is 6.09. The third-order valence-corrected chi connectivity index (χ3v) is 3.11. The average Bonchev–Trinajstić information content (AvgIpc) is 2.74. The summed E-state index contributed by atoms with van der Waals surface area (Å²) in [6.45, 7) is 4.76. The highest BCUT2D eigenvalue weighted by Gasteiger charge is 2.09. The predicted molar refractivity (Wildman–Crippen MR) is 70.2 cm³/mol. The van der Waals surface area contributed by atoms with E-state index >= 15 is 0 Å². The van der Waals surface area contributed by atoms with Crippen molar-refractivity contribution >= 4 is 11.6 Å². The molecule has 0 aliphatic rings. The van der Waals surface area contributed by atoms with Crippen molar-refractivity contribution in [2.75, 3.05) is 0 Å². The van der Waals surface area contributed by atoms with Crippen molar-refractivity contribution < 1.29 is 4.42 Å².